The van der Waals surface area contributed by atoms with Gasteiger partial charge in [0.15, 0.2) is 5.82 Å². The lowest BCUT2D eigenvalue weighted by Crippen LogP contribution is -2.20. The zero-order chi connectivity index (χ0) is 14.9. The van der Waals surface area contributed by atoms with E-state index in [-0.39, 0.29) is 0 Å². The molecule has 112 valence electrons. The van der Waals surface area contributed by atoms with E-state index in [9.17, 15) is 0 Å². The van der Waals surface area contributed by atoms with E-state index in [1.165, 1.54) is 29.2 Å². The Hall–Kier alpha value is -2.27. The third kappa shape index (κ3) is 2.60. The lowest BCUT2D eigenvalue weighted by atomic mass is 10.0. The van der Waals surface area contributed by atoms with Crippen LogP contribution in [0.1, 0.15) is 30.3 Å². The number of hydrogen-bond donors (Lipinski definition) is 0. The van der Waals surface area contributed by atoms with Crippen molar-refractivity contribution in [2.24, 2.45) is 0 Å². The molecule has 0 unspecified atom stereocenters. The van der Waals surface area contributed by atoms with Gasteiger partial charge in [-0.2, -0.15) is 0 Å². The first-order valence-corrected chi connectivity index (χ1v) is 7.73. The first kappa shape index (κ1) is 13.4. The standard InChI is InChI=1S/C17H19N5/c1-21(12-17-18-19-20-22(17)15-9-10-15)11-14-7-4-6-13-5-2-3-8-16(13)14/h2-8,15H,9-12H2,1H3. The van der Waals surface area contributed by atoms with Crippen LogP contribution in [0.4, 0.5) is 0 Å². The van der Waals surface area contributed by atoms with Crippen LogP contribution in [-0.2, 0) is 13.1 Å². The first-order valence-electron chi connectivity index (χ1n) is 7.73. The molecule has 1 heterocycles. The number of nitrogens with zero attached hydrogens (tertiary/aromatic N) is 5. The molecule has 0 spiro atoms. The number of aromatic nitrogens is 4. The molecule has 0 saturated heterocycles. The van der Waals surface area contributed by atoms with Crippen LogP contribution < -0.4 is 0 Å². The molecule has 1 aromatic heterocycles. The van der Waals surface area contributed by atoms with Gasteiger partial charge in [0.25, 0.3) is 0 Å². The fourth-order valence-electron chi connectivity index (χ4n) is 2.94. The van der Waals surface area contributed by atoms with Gasteiger partial charge in [0.05, 0.1) is 12.6 Å². The maximum atomic E-state index is 4.18. The van der Waals surface area contributed by atoms with Gasteiger partial charge in [-0.25, -0.2) is 4.68 Å². The topological polar surface area (TPSA) is 46.8 Å². The van der Waals surface area contributed by atoms with Gasteiger partial charge in [0.2, 0.25) is 0 Å². The zero-order valence-corrected chi connectivity index (χ0v) is 12.7. The Morgan fingerprint density at radius 1 is 1.09 bits per heavy atom. The molecule has 3 aromatic rings. The summed E-state index contributed by atoms with van der Waals surface area (Å²) in [4.78, 5) is 2.27. The van der Waals surface area contributed by atoms with Gasteiger partial charge in [-0.05, 0) is 46.7 Å². The lowest BCUT2D eigenvalue weighted by molar-refractivity contribution is 0.303. The van der Waals surface area contributed by atoms with Crippen molar-refractivity contribution in [3.05, 3.63) is 53.9 Å². The summed E-state index contributed by atoms with van der Waals surface area (Å²) in [6.07, 6.45) is 2.40. The highest BCUT2D eigenvalue weighted by Crippen LogP contribution is 2.34. The van der Waals surface area contributed by atoms with Crippen molar-refractivity contribution >= 4 is 10.8 Å². The van der Waals surface area contributed by atoms with Gasteiger partial charge >= 0.3 is 0 Å². The predicted octanol–water partition coefficient (Wildman–Crippen LogP) is 2.79. The van der Waals surface area contributed by atoms with Crippen molar-refractivity contribution in [2.45, 2.75) is 32.0 Å². The van der Waals surface area contributed by atoms with Gasteiger partial charge in [0.1, 0.15) is 0 Å². The molecule has 1 aliphatic carbocycles. The number of rotatable bonds is 5. The van der Waals surface area contributed by atoms with E-state index in [0.717, 1.165) is 18.9 Å². The summed E-state index contributed by atoms with van der Waals surface area (Å²) in [5.41, 5.74) is 1.34. The Balaban J connectivity index is 1.53. The van der Waals surface area contributed by atoms with Crippen LogP contribution in [0.3, 0.4) is 0 Å². The van der Waals surface area contributed by atoms with E-state index in [1.54, 1.807) is 0 Å². The average molecular weight is 293 g/mol. The van der Waals surface area contributed by atoms with E-state index in [2.05, 4.69) is 69.9 Å². The smallest absolute Gasteiger partial charge is 0.165 e. The molecular weight excluding hydrogens is 274 g/mol. The van der Waals surface area contributed by atoms with Crippen LogP contribution in [0.5, 0.6) is 0 Å². The SMILES string of the molecule is CN(Cc1cccc2ccccc12)Cc1nnnn1C1CC1. The molecule has 2 aromatic carbocycles. The highest BCUT2D eigenvalue weighted by atomic mass is 15.6. The number of hydrogen-bond acceptors (Lipinski definition) is 4. The normalized spacial score (nSPS) is 14.8. The van der Waals surface area contributed by atoms with E-state index in [4.69, 9.17) is 0 Å². The molecule has 0 aliphatic heterocycles. The maximum Gasteiger partial charge on any atom is 0.165 e. The van der Waals surface area contributed by atoms with Crippen molar-refractivity contribution in [3.63, 3.8) is 0 Å². The molecule has 5 nitrogen and oxygen atoms in total. The average Bonchev–Trinajstić information content (AvgIpc) is 3.28. The van der Waals surface area contributed by atoms with Crippen molar-refractivity contribution in [3.8, 4) is 0 Å². The summed E-state index contributed by atoms with van der Waals surface area (Å²) in [6, 6.07) is 15.5. The minimum atomic E-state index is 0.524. The van der Waals surface area contributed by atoms with Crippen LogP contribution in [0.2, 0.25) is 0 Å². The van der Waals surface area contributed by atoms with Crippen LogP contribution >= 0.6 is 0 Å². The molecular formula is C17H19N5. The van der Waals surface area contributed by atoms with Gasteiger partial charge in [-0.3, -0.25) is 4.90 Å². The second kappa shape index (κ2) is 5.50. The van der Waals surface area contributed by atoms with E-state index in [1.807, 2.05) is 4.68 Å². The third-order valence-corrected chi connectivity index (χ3v) is 4.19. The van der Waals surface area contributed by atoms with Crippen molar-refractivity contribution in [2.75, 3.05) is 7.05 Å². The van der Waals surface area contributed by atoms with Crippen LogP contribution in [0.25, 0.3) is 10.8 Å². The summed E-state index contributed by atoms with van der Waals surface area (Å²) in [7, 11) is 2.12. The largest absolute Gasteiger partial charge is 0.295 e. The fourth-order valence-corrected chi connectivity index (χ4v) is 2.94. The molecule has 0 bridgehead atoms. The van der Waals surface area contributed by atoms with E-state index in [0.29, 0.717) is 6.04 Å². The van der Waals surface area contributed by atoms with Crippen LogP contribution in [-0.4, -0.2) is 32.2 Å². The quantitative estimate of drug-likeness (QED) is 0.725. The predicted molar refractivity (Wildman–Crippen MR) is 85.2 cm³/mol. The maximum absolute atomic E-state index is 4.18. The molecule has 5 heteroatoms. The Labute approximate surface area is 129 Å². The van der Waals surface area contributed by atoms with Gasteiger partial charge in [-0.1, -0.05) is 42.5 Å². The lowest BCUT2D eigenvalue weighted by Gasteiger charge is -2.17. The van der Waals surface area contributed by atoms with Crippen molar-refractivity contribution in [1.29, 1.82) is 0 Å². The Morgan fingerprint density at radius 2 is 1.91 bits per heavy atom. The van der Waals surface area contributed by atoms with E-state index < -0.39 is 0 Å². The van der Waals surface area contributed by atoms with Crippen LogP contribution in [0.15, 0.2) is 42.5 Å². The monoisotopic (exact) mass is 293 g/mol. The minimum absolute atomic E-state index is 0.524. The summed E-state index contributed by atoms with van der Waals surface area (Å²) in [5, 5.41) is 14.7. The summed E-state index contributed by atoms with van der Waals surface area (Å²) in [6.45, 7) is 1.66. The highest BCUT2D eigenvalue weighted by Gasteiger charge is 2.27. The Kier molecular flexibility index (Phi) is 3.35. The second-order valence-electron chi connectivity index (χ2n) is 6.08. The fraction of sp³-hybridized carbons (Fsp3) is 0.353. The van der Waals surface area contributed by atoms with Gasteiger partial charge in [-0.15, -0.1) is 5.10 Å². The molecule has 1 aliphatic rings. The van der Waals surface area contributed by atoms with Gasteiger partial charge < -0.3 is 0 Å². The second-order valence-corrected chi connectivity index (χ2v) is 6.08. The third-order valence-electron chi connectivity index (χ3n) is 4.19. The molecule has 1 saturated carbocycles. The molecule has 4 rings (SSSR count). The van der Waals surface area contributed by atoms with Crippen molar-refractivity contribution in [1.82, 2.24) is 25.1 Å². The van der Waals surface area contributed by atoms with E-state index >= 15 is 0 Å². The number of tetrazole rings is 1. The molecule has 0 amide bonds. The summed E-state index contributed by atoms with van der Waals surface area (Å²) < 4.78 is 1.99. The molecule has 1 fully saturated rings. The molecule has 22 heavy (non-hydrogen) atoms. The number of fused-ring (bicyclic) bond motifs is 1. The molecule has 0 atom stereocenters. The molecule has 0 N–H and O–H groups in total. The zero-order valence-electron chi connectivity index (χ0n) is 12.7. The summed E-state index contributed by atoms with van der Waals surface area (Å²) >= 11 is 0. The Morgan fingerprint density at radius 3 is 2.77 bits per heavy atom. The van der Waals surface area contributed by atoms with Crippen molar-refractivity contribution < 1.29 is 0 Å². The minimum Gasteiger partial charge on any atom is -0.295 e. The number of benzene rings is 2. The molecule has 0 radical (unpaired) electrons. The van der Waals surface area contributed by atoms with Gasteiger partial charge in [0, 0.05) is 6.54 Å². The summed E-state index contributed by atoms with van der Waals surface area (Å²) in [5.74, 6) is 0.963. The Bertz CT molecular complexity index is 785. The van der Waals surface area contributed by atoms with Crippen LogP contribution in [0, 0.1) is 0 Å². The highest BCUT2D eigenvalue weighted by molar-refractivity contribution is 5.85. The first-order chi connectivity index (χ1) is 10.8.